The molecule has 0 aliphatic carbocycles. The first-order valence-corrected chi connectivity index (χ1v) is 6.52. The van der Waals surface area contributed by atoms with Crippen molar-refractivity contribution < 1.29 is 17.2 Å². The monoisotopic (exact) mass is 320 g/mol. The topological polar surface area (TPSA) is 73.0 Å². The van der Waals surface area contributed by atoms with Crippen molar-refractivity contribution in [3.8, 4) is 0 Å². The molecule has 1 rings (SSSR count). The van der Waals surface area contributed by atoms with Crippen LogP contribution in [0.15, 0.2) is 15.7 Å². The molecule has 0 saturated carbocycles. The first-order chi connectivity index (χ1) is 6.75. The molecule has 0 amide bonds. The van der Waals surface area contributed by atoms with E-state index in [2.05, 4.69) is 20.9 Å². The van der Waals surface area contributed by atoms with E-state index in [0.717, 1.165) is 6.20 Å². The summed E-state index contributed by atoms with van der Waals surface area (Å²) >= 11 is 2.72. The Labute approximate surface area is 97.0 Å². The minimum Gasteiger partial charge on any atom is -0.397 e. The van der Waals surface area contributed by atoms with Crippen LogP contribution in [0.5, 0.6) is 0 Å². The molecule has 0 aromatic carbocycles. The molecule has 0 bridgehead atoms. The number of nitrogen functional groups attached to an aromatic ring is 1. The van der Waals surface area contributed by atoms with Crippen LogP contribution in [0.4, 0.5) is 14.5 Å². The Bertz CT molecular complexity index is 494. The van der Waals surface area contributed by atoms with E-state index >= 15 is 0 Å². The van der Waals surface area contributed by atoms with Gasteiger partial charge in [-0.25, -0.2) is 22.2 Å². The Balaban J connectivity index is 3.68. The van der Waals surface area contributed by atoms with Crippen molar-refractivity contribution in [2.24, 2.45) is 0 Å². The fraction of sp³-hybridized carbons (Fsp3) is 0.167. The lowest BCUT2D eigenvalue weighted by atomic mass is 10.2. The Hall–Kier alpha value is -0.470. The van der Waals surface area contributed by atoms with E-state index in [0.29, 0.717) is 0 Å². The van der Waals surface area contributed by atoms with Crippen LogP contribution in [-0.4, -0.2) is 13.4 Å². The number of alkyl halides is 2. The number of nitrogens with zero attached hydrogens (tertiary/aromatic N) is 1. The summed E-state index contributed by atoms with van der Waals surface area (Å²) in [6.07, 6.45) is -2.12. The molecule has 1 heterocycles. The zero-order valence-corrected chi connectivity index (χ0v) is 10.1. The summed E-state index contributed by atoms with van der Waals surface area (Å²) in [7, 11) is 0.670. The zero-order valence-electron chi connectivity index (χ0n) is 6.92. The van der Waals surface area contributed by atoms with E-state index in [9.17, 15) is 17.2 Å². The maximum absolute atomic E-state index is 12.5. The van der Waals surface area contributed by atoms with E-state index in [1.165, 1.54) is 0 Å². The van der Waals surface area contributed by atoms with Gasteiger partial charge in [-0.3, -0.25) is 0 Å². The second-order valence-electron chi connectivity index (χ2n) is 2.49. The number of anilines is 1. The van der Waals surface area contributed by atoms with Crippen LogP contribution < -0.4 is 5.73 Å². The van der Waals surface area contributed by atoms with Crippen LogP contribution in [0.2, 0.25) is 0 Å². The van der Waals surface area contributed by atoms with Gasteiger partial charge in [0, 0.05) is 10.7 Å². The number of aromatic nitrogens is 1. The van der Waals surface area contributed by atoms with Crippen LogP contribution in [0, 0.1) is 0 Å². The Morgan fingerprint density at radius 2 is 2.07 bits per heavy atom. The van der Waals surface area contributed by atoms with Gasteiger partial charge in [0.15, 0.2) is 0 Å². The summed E-state index contributed by atoms with van der Waals surface area (Å²) in [5.41, 5.74) is 3.94. The highest BCUT2D eigenvalue weighted by molar-refractivity contribution is 9.10. The second kappa shape index (κ2) is 4.18. The number of halogens is 4. The summed E-state index contributed by atoms with van der Waals surface area (Å²) < 4.78 is 46.9. The normalized spacial score (nSPS) is 12.1. The molecule has 15 heavy (non-hydrogen) atoms. The number of hydrogen-bond donors (Lipinski definition) is 1. The van der Waals surface area contributed by atoms with E-state index in [1.807, 2.05) is 0 Å². The van der Waals surface area contributed by atoms with Gasteiger partial charge in [-0.2, -0.15) is 0 Å². The second-order valence-corrected chi connectivity index (χ2v) is 5.74. The lowest BCUT2D eigenvalue weighted by Crippen LogP contribution is -2.06. The maximum atomic E-state index is 12.5. The van der Waals surface area contributed by atoms with Crippen molar-refractivity contribution in [3.05, 3.63) is 16.4 Å². The van der Waals surface area contributed by atoms with E-state index < -0.39 is 31.6 Å². The SMILES string of the molecule is Nc1cnc(Br)c(S(=O)(=O)Cl)c1C(F)F. The van der Waals surface area contributed by atoms with Crippen molar-refractivity contribution in [1.29, 1.82) is 0 Å². The van der Waals surface area contributed by atoms with E-state index in [4.69, 9.17) is 16.4 Å². The van der Waals surface area contributed by atoms with Crippen molar-refractivity contribution in [2.45, 2.75) is 11.3 Å². The molecule has 9 heteroatoms. The third kappa shape index (κ3) is 2.56. The summed E-state index contributed by atoms with van der Waals surface area (Å²) in [5, 5.41) is 0. The van der Waals surface area contributed by atoms with E-state index in [-0.39, 0.29) is 4.60 Å². The van der Waals surface area contributed by atoms with Gasteiger partial charge in [-0.15, -0.1) is 0 Å². The zero-order chi connectivity index (χ0) is 11.8. The molecular weight excluding hydrogens is 317 g/mol. The fourth-order valence-electron chi connectivity index (χ4n) is 0.954. The molecule has 0 saturated heterocycles. The van der Waals surface area contributed by atoms with Gasteiger partial charge in [-0.05, 0) is 15.9 Å². The molecule has 1 aromatic heterocycles. The minimum atomic E-state index is -4.33. The lowest BCUT2D eigenvalue weighted by Gasteiger charge is -2.09. The highest BCUT2D eigenvalue weighted by atomic mass is 79.9. The summed E-state index contributed by atoms with van der Waals surface area (Å²) in [4.78, 5) is 2.69. The van der Waals surface area contributed by atoms with Crippen LogP contribution in [0.25, 0.3) is 0 Å². The summed E-state index contributed by atoms with van der Waals surface area (Å²) in [6.45, 7) is 0. The van der Waals surface area contributed by atoms with Gasteiger partial charge in [0.1, 0.15) is 9.50 Å². The van der Waals surface area contributed by atoms with Crippen LogP contribution in [-0.2, 0) is 9.05 Å². The van der Waals surface area contributed by atoms with Gasteiger partial charge < -0.3 is 5.73 Å². The van der Waals surface area contributed by atoms with Gasteiger partial charge >= 0.3 is 0 Å². The Kier molecular flexibility index (Phi) is 3.51. The Morgan fingerprint density at radius 1 is 1.53 bits per heavy atom. The molecule has 0 spiro atoms. The molecule has 0 radical (unpaired) electrons. The largest absolute Gasteiger partial charge is 0.397 e. The first-order valence-electron chi connectivity index (χ1n) is 3.42. The van der Waals surface area contributed by atoms with Gasteiger partial charge in [0.2, 0.25) is 0 Å². The van der Waals surface area contributed by atoms with Crippen molar-refractivity contribution in [2.75, 3.05) is 5.73 Å². The van der Waals surface area contributed by atoms with Crippen LogP contribution in [0.1, 0.15) is 12.0 Å². The van der Waals surface area contributed by atoms with Gasteiger partial charge in [-0.1, -0.05) is 0 Å². The predicted octanol–water partition coefficient (Wildman–Crippen LogP) is 2.29. The van der Waals surface area contributed by atoms with Crippen molar-refractivity contribution in [3.63, 3.8) is 0 Å². The standard InChI is InChI=1S/C6H4BrClF2N2O2S/c7-5-4(15(8,13)14)3(6(9)10)2(11)1-12-5/h1,6H,11H2. The number of pyridine rings is 1. The average Bonchev–Trinajstić information content (AvgIpc) is 2.05. The Morgan fingerprint density at radius 3 is 2.40 bits per heavy atom. The van der Waals surface area contributed by atoms with Crippen molar-refractivity contribution >= 4 is 41.4 Å². The molecule has 0 aliphatic heterocycles. The molecule has 0 fully saturated rings. The molecule has 0 aliphatic rings. The molecule has 4 nitrogen and oxygen atoms in total. The highest BCUT2D eigenvalue weighted by Crippen LogP contribution is 2.36. The van der Waals surface area contributed by atoms with Gasteiger partial charge in [0.05, 0.1) is 17.4 Å². The lowest BCUT2D eigenvalue weighted by molar-refractivity contribution is 0.148. The molecule has 1 aromatic rings. The van der Waals surface area contributed by atoms with E-state index in [1.54, 1.807) is 0 Å². The smallest absolute Gasteiger partial charge is 0.267 e. The van der Waals surface area contributed by atoms with Crippen LogP contribution >= 0.6 is 26.6 Å². The van der Waals surface area contributed by atoms with Gasteiger partial charge in [0.25, 0.3) is 15.5 Å². The summed E-state index contributed by atoms with van der Waals surface area (Å²) in [5.74, 6) is 0. The predicted molar refractivity (Wildman–Crippen MR) is 54.3 cm³/mol. The fourth-order valence-corrected chi connectivity index (χ4v) is 3.38. The van der Waals surface area contributed by atoms with Crippen LogP contribution in [0.3, 0.4) is 0 Å². The molecule has 2 N–H and O–H groups in total. The minimum absolute atomic E-state index is 0.290. The summed E-state index contributed by atoms with van der Waals surface area (Å²) in [6, 6.07) is 0. The molecular formula is C6H4BrClF2N2O2S. The molecule has 0 atom stereocenters. The third-order valence-corrected chi connectivity index (χ3v) is 3.75. The third-order valence-electron chi connectivity index (χ3n) is 1.52. The molecule has 0 unspecified atom stereocenters. The quantitative estimate of drug-likeness (QED) is 0.670. The maximum Gasteiger partial charge on any atom is 0.267 e. The first kappa shape index (κ1) is 12.6. The average molecular weight is 322 g/mol. The molecule has 84 valence electrons. The number of rotatable bonds is 2. The van der Waals surface area contributed by atoms with Crippen molar-refractivity contribution in [1.82, 2.24) is 4.98 Å². The highest BCUT2D eigenvalue weighted by Gasteiger charge is 2.28. The number of nitrogens with two attached hydrogens (primary N) is 1. The number of hydrogen-bond acceptors (Lipinski definition) is 4.